The number of hydrogen-bond acceptors (Lipinski definition) is 2. The van der Waals surface area contributed by atoms with Gasteiger partial charge in [0.15, 0.2) is 0 Å². The molecule has 0 amide bonds. The van der Waals surface area contributed by atoms with E-state index in [1.54, 1.807) is 0 Å². The average Bonchev–Trinajstić information content (AvgIpc) is 2.38. The lowest BCUT2D eigenvalue weighted by Crippen LogP contribution is -2.01. The number of rotatable bonds is 5. The summed E-state index contributed by atoms with van der Waals surface area (Å²) >= 11 is 3.37. The van der Waals surface area contributed by atoms with Crippen LogP contribution in [0.5, 0.6) is 5.75 Å². The fourth-order valence-electron chi connectivity index (χ4n) is 1.75. The van der Waals surface area contributed by atoms with E-state index in [0.29, 0.717) is 12.3 Å². The van der Waals surface area contributed by atoms with Gasteiger partial charge in [0.1, 0.15) is 5.75 Å². The zero-order valence-electron chi connectivity index (χ0n) is 10.1. The fourth-order valence-corrected chi connectivity index (χ4v) is 2.13. The van der Waals surface area contributed by atoms with Crippen molar-refractivity contribution in [2.24, 2.45) is 0 Å². The van der Waals surface area contributed by atoms with Gasteiger partial charge in [-0.15, -0.1) is 0 Å². The molecule has 0 bridgehead atoms. The summed E-state index contributed by atoms with van der Waals surface area (Å²) in [7, 11) is 0. The Bertz CT molecular complexity index is 499. The molecule has 0 radical (unpaired) electrons. The van der Waals surface area contributed by atoms with Gasteiger partial charge in [0, 0.05) is 4.47 Å². The molecule has 18 heavy (non-hydrogen) atoms. The Kier molecular flexibility index (Phi) is 4.65. The molecule has 0 aliphatic carbocycles. The summed E-state index contributed by atoms with van der Waals surface area (Å²) in [5, 5.41) is 0. The third kappa shape index (κ3) is 3.77. The molecular formula is C15H16BrNO. The monoisotopic (exact) mass is 305 g/mol. The first kappa shape index (κ1) is 13.0. The minimum absolute atomic E-state index is 0.670. The van der Waals surface area contributed by atoms with Crippen molar-refractivity contribution < 1.29 is 4.74 Å². The van der Waals surface area contributed by atoms with Crippen LogP contribution in [-0.2, 0) is 6.42 Å². The lowest BCUT2D eigenvalue weighted by atomic mass is 10.1. The van der Waals surface area contributed by atoms with Crippen LogP contribution in [0.25, 0.3) is 0 Å². The maximum absolute atomic E-state index is 5.86. The Morgan fingerprint density at radius 1 is 1.06 bits per heavy atom. The predicted molar refractivity (Wildman–Crippen MR) is 78.8 cm³/mol. The molecule has 0 fully saturated rings. The smallest absolute Gasteiger partial charge is 0.142 e. The van der Waals surface area contributed by atoms with Gasteiger partial charge in [-0.05, 0) is 36.6 Å². The minimum atomic E-state index is 0.670. The van der Waals surface area contributed by atoms with E-state index in [9.17, 15) is 0 Å². The molecule has 2 aromatic rings. The van der Waals surface area contributed by atoms with Crippen molar-refractivity contribution in [2.45, 2.75) is 12.8 Å². The number of hydrogen-bond donors (Lipinski definition) is 1. The standard InChI is InChI=1S/C15H16BrNO/c16-13-8-9-15(14(17)11-13)18-10-4-7-12-5-2-1-3-6-12/h1-3,5-6,8-9,11H,4,7,10,17H2. The first-order valence-corrected chi connectivity index (χ1v) is 6.77. The highest BCUT2D eigenvalue weighted by molar-refractivity contribution is 9.10. The molecular weight excluding hydrogens is 290 g/mol. The molecule has 0 saturated carbocycles. The van der Waals surface area contributed by atoms with Crippen molar-refractivity contribution in [2.75, 3.05) is 12.3 Å². The van der Waals surface area contributed by atoms with Crippen molar-refractivity contribution in [3.63, 3.8) is 0 Å². The van der Waals surface area contributed by atoms with Gasteiger partial charge < -0.3 is 10.5 Å². The number of anilines is 1. The van der Waals surface area contributed by atoms with Crippen LogP contribution in [0.3, 0.4) is 0 Å². The van der Waals surface area contributed by atoms with Gasteiger partial charge in [0.05, 0.1) is 12.3 Å². The molecule has 0 saturated heterocycles. The van der Waals surface area contributed by atoms with Crippen molar-refractivity contribution in [3.05, 3.63) is 58.6 Å². The molecule has 0 heterocycles. The van der Waals surface area contributed by atoms with Crippen LogP contribution in [0.2, 0.25) is 0 Å². The van der Waals surface area contributed by atoms with Crippen LogP contribution < -0.4 is 10.5 Å². The quantitative estimate of drug-likeness (QED) is 0.668. The Morgan fingerprint density at radius 2 is 1.83 bits per heavy atom. The normalized spacial score (nSPS) is 10.3. The van der Waals surface area contributed by atoms with Crippen LogP contribution >= 0.6 is 15.9 Å². The predicted octanol–water partition coefficient (Wildman–Crippen LogP) is 4.04. The Balaban J connectivity index is 1.79. The van der Waals surface area contributed by atoms with E-state index in [1.165, 1.54) is 5.56 Å². The zero-order chi connectivity index (χ0) is 12.8. The van der Waals surface area contributed by atoms with Crippen LogP contribution in [0.15, 0.2) is 53.0 Å². The van der Waals surface area contributed by atoms with E-state index in [4.69, 9.17) is 10.5 Å². The van der Waals surface area contributed by atoms with E-state index in [0.717, 1.165) is 23.1 Å². The fraction of sp³-hybridized carbons (Fsp3) is 0.200. The van der Waals surface area contributed by atoms with Gasteiger partial charge in [-0.2, -0.15) is 0 Å². The summed E-state index contributed by atoms with van der Waals surface area (Å²) in [6, 6.07) is 16.1. The summed E-state index contributed by atoms with van der Waals surface area (Å²) in [5.74, 6) is 0.756. The summed E-state index contributed by atoms with van der Waals surface area (Å²) in [5.41, 5.74) is 7.87. The molecule has 2 N–H and O–H groups in total. The zero-order valence-corrected chi connectivity index (χ0v) is 11.7. The maximum Gasteiger partial charge on any atom is 0.142 e. The van der Waals surface area contributed by atoms with Crippen molar-refractivity contribution in [1.29, 1.82) is 0 Å². The molecule has 0 spiro atoms. The second-order valence-electron chi connectivity index (χ2n) is 4.12. The molecule has 2 rings (SSSR count). The highest BCUT2D eigenvalue weighted by Crippen LogP contribution is 2.25. The molecule has 0 atom stereocenters. The molecule has 94 valence electrons. The molecule has 3 heteroatoms. The second kappa shape index (κ2) is 6.45. The van der Waals surface area contributed by atoms with Crippen LogP contribution in [0.1, 0.15) is 12.0 Å². The molecule has 0 aliphatic rings. The molecule has 0 aliphatic heterocycles. The SMILES string of the molecule is Nc1cc(Br)ccc1OCCCc1ccccc1. The van der Waals surface area contributed by atoms with Crippen LogP contribution in [-0.4, -0.2) is 6.61 Å². The van der Waals surface area contributed by atoms with E-state index in [2.05, 4.69) is 40.2 Å². The first-order chi connectivity index (χ1) is 8.75. The van der Waals surface area contributed by atoms with Crippen molar-refractivity contribution in [3.8, 4) is 5.75 Å². The Hall–Kier alpha value is -1.48. The average molecular weight is 306 g/mol. The number of halogens is 1. The lowest BCUT2D eigenvalue weighted by Gasteiger charge is -2.09. The van der Waals surface area contributed by atoms with Crippen LogP contribution in [0.4, 0.5) is 5.69 Å². The van der Waals surface area contributed by atoms with E-state index < -0.39 is 0 Å². The van der Waals surface area contributed by atoms with Gasteiger partial charge in [-0.1, -0.05) is 46.3 Å². The van der Waals surface area contributed by atoms with E-state index >= 15 is 0 Å². The summed E-state index contributed by atoms with van der Waals surface area (Å²) in [6.07, 6.45) is 2.01. The Morgan fingerprint density at radius 3 is 2.56 bits per heavy atom. The third-order valence-corrected chi connectivity index (χ3v) is 3.18. The number of ether oxygens (including phenoxy) is 1. The number of aryl methyl sites for hydroxylation is 1. The summed E-state index contributed by atoms with van der Waals surface area (Å²) in [4.78, 5) is 0. The molecule has 2 aromatic carbocycles. The van der Waals surface area contributed by atoms with Gasteiger partial charge in [0.25, 0.3) is 0 Å². The van der Waals surface area contributed by atoms with Gasteiger partial charge in [-0.3, -0.25) is 0 Å². The number of nitrogens with two attached hydrogens (primary N) is 1. The van der Waals surface area contributed by atoms with Crippen LogP contribution in [0, 0.1) is 0 Å². The highest BCUT2D eigenvalue weighted by atomic mass is 79.9. The highest BCUT2D eigenvalue weighted by Gasteiger charge is 2.00. The number of nitrogen functional groups attached to an aromatic ring is 1. The first-order valence-electron chi connectivity index (χ1n) is 5.97. The van der Waals surface area contributed by atoms with Crippen molar-refractivity contribution >= 4 is 21.6 Å². The summed E-state index contributed by atoms with van der Waals surface area (Å²) < 4.78 is 6.64. The minimum Gasteiger partial charge on any atom is -0.491 e. The molecule has 2 nitrogen and oxygen atoms in total. The summed E-state index contributed by atoms with van der Waals surface area (Å²) in [6.45, 7) is 0.681. The topological polar surface area (TPSA) is 35.2 Å². The van der Waals surface area contributed by atoms with Gasteiger partial charge >= 0.3 is 0 Å². The molecule has 0 unspecified atom stereocenters. The van der Waals surface area contributed by atoms with Crippen molar-refractivity contribution in [1.82, 2.24) is 0 Å². The lowest BCUT2D eigenvalue weighted by molar-refractivity contribution is 0.312. The van der Waals surface area contributed by atoms with Gasteiger partial charge in [0.2, 0.25) is 0 Å². The van der Waals surface area contributed by atoms with E-state index in [1.807, 2.05) is 24.3 Å². The largest absolute Gasteiger partial charge is 0.491 e. The molecule has 0 aromatic heterocycles. The maximum atomic E-state index is 5.86. The second-order valence-corrected chi connectivity index (χ2v) is 5.04. The van der Waals surface area contributed by atoms with Gasteiger partial charge in [-0.25, -0.2) is 0 Å². The Labute approximate surface area is 116 Å². The number of benzene rings is 2. The van der Waals surface area contributed by atoms with E-state index in [-0.39, 0.29) is 0 Å². The third-order valence-electron chi connectivity index (χ3n) is 2.68.